The molecule has 2 N–H and O–H groups in total. The zero-order chi connectivity index (χ0) is 18.6. The van der Waals surface area contributed by atoms with Crippen molar-refractivity contribution in [3.8, 4) is 0 Å². The number of benzene rings is 2. The van der Waals surface area contributed by atoms with Crippen LogP contribution in [0.4, 0.5) is 5.69 Å². The first-order valence-electron chi connectivity index (χ1n) is 7.21. The number of hydrogen-bond donors (Lipinski definition) is 2. The van der Waals surface area contributed by atoms with E-state index in [1.54, 1.807) is 37.3 Å². The van der Waals surface area contributed by atoms with Crippen molar-refractivity contribution in [3.05, 3.63) is 63.6 Å². The number of carbonyl (C=O) groups is 1. The Morgan fingerprint density at radius 1 is 1.12 bits per heavy atom. The molecule has 25 heavy (non-hydrogen) atoms. The molecule has 5 nitrogen and oxygen atoms in total. The van der Waals surface area contributed by atoms with Crippen molar-refractivity contribution >= 4 is 50.9 Å². The number of aryl methyl sites for hydroxylation is 1. The third-order valence-corrected chi connectivity index (χ3v) is 5.52. The summed E-state index contributed by atoms with van der Waals surface area (Å²) < 4.78 is 26.2. The highest BCUT2D eigenvalue weighted by molar-refractivity contribution is 7.89. The predicted octanol–water partition coefficient (Wildman–Crippen LogP) is 3.86. The van der Waals surface area contributed by atoms with E-state index in [1.807, 2.05) is 0 Å². The Hall–Kier alpha value is -1.86. The van der Waals surface area contributed by atoms with Gasteiger partial charge in [0.15, 0.2) is 0 Å². The van der Waals surface area contributed by atoms with Gasteiger partial charge in [0.1, 0.15) is 0 Å². The van der Waals surface area contributed by atoms with Crippen LogP contribution in [-0.4, -0.2) is 21.4 Å². The molecule has 0 saturated heterocycles. The van der Waals surface area contributed by atoms with Gasteiger partial charge in [0, 0.05) is 21.8 Å². The lowest BCUT2D eigenvalue weighted by Gasteiger charge is -2.09. The first-order valence-corrected chi connectivity index (χ1v) is 9.45. The summed E-state index contributed by atoms with van der Waals surface area (Å²) in [7, 11) is -2.27. The second-order valence-corrected chi connectivity index (χ2v) is 7.87. The van der Waals surface area contributed by atoms with Gasteiger partial charge in [-0.25, -0.2) is 13.1 Å². The molecule has 0 heterocycles. The van der Waals surface area contributed by atoms with E-state index in [1.165, 1.54) is 25.3 Å². The number of amides is 1. The minimum absolute atomic E-state index is 0.106. The Morgan fingerprint density at radius 3 is 2.52 bits per heavy atom. The van der Waals surface area contributed by atoms with Gasteiger partial charge in [0.25, 0.3) is 0 Å². The van der Waals surface area contributed by atoms with Crippen LogP contribution in [0.15, 0.2) is 47.4 Å². The van der Waals surface area contributed by atoms with Gasteiger partial charge in [-0.05, 0) is 61.5 Å². The topological polar surface area (TPSA) is 75.3 Å². The number of hydrogen-bond acceptors (Lipinski definition) is 3. The van der Waals surface area contributed by atoms with Crippen molar-refractivity contribution < 1.29 is 13.2 Å². The SMILES string of the molecule is CNS(=O)(=O)c1cc(NC(=O)/C=C/c2cc(Cl)ccc2Cl)ccc1C. The molecule has 0 saturated carbocycles. The highest BCUT2D eigenvalue weighted by Gasteiger charge is 2.15. The molecule has 0 aliphatic heterocycles. The Morgan fingerprint density at radius 2 is 1.84 bits per heavy atom. The summed E-state index contributed by atoms with van der Waals surface area (Å²) in [6.45, 7) is 1.68. The number of sulfonamides is 1. The van der Waals surface area contributed by atoms with Crippen molar-refractivity contribution in [1.29, 1.82) is 0 Å². The molecule has 0 spiro atoms. The maximum atomic E-state index is 12.1. The number of anilines is 1. The fourth-order valence-electron chi connectivity index (χ4n) is 2.07. The molecular weight excluding hydrogens is 383 g/mol. The van der Waals surface area contributed by atoms with Crippen molar-refractivity contribution in [1.82, 2.24) is 4.72 Å². The van der Waals surface area contributed by atoms with Gasteiger partial charge < -0.3 is 5.32 Å². The molecule has 0 unspecified atom stereocenters. The van der Waals surface area contributed by atoms with Crippen molar-refractivity contribution in [2.24, 2.45) is 0 Å². The van der Waals surface area contributed by atoms with E-state index in [4.69, 9.17) is 23.2 Å². The van der Waals surface area contributed by atoms with Gasteiger partial charge in [-0.2, -0.15) is 0 Å². The van der Waals surface area contributed by atoms with Crippen LogP contribution in [-0.2, 0) is 14.8 Å². The molecule has 132 valence electrons. The lowest BCUT2D eigenvalue weighted by Crippen LogP contribution is -2.20. The molecule has 2 rings (SSSR count). The molecular formula is C17H16Cl2N2O3S. The van der Waals surface area contributed by atoms with Crippen LogP contribution in [0.2, 0.25) is 10.0 Å². The number of carbonyl (C=O) groups excluding carboxylic acids is 1. The van der Waals surface area contributed by atoms with E-state index in [-0.39, 0.29) is 4.90 Å². The van der Waals surface area contributed by atoms with E-state index >= 15 is 0 Å². The molecule has 2 aromatic carbocycles. The van der Waals surface area contributed by atoms with Gasteiger partial charge in [-0.3, -0.25) is 4.79 Å². The zero-order valence-electron chi connectivity index (χ0n) is 13.5. The van der Waals surface area contributed by atoms with Crippen LogP contribution in [0.3, 0.4) is 0 Å². The summed E-state index contributed by atoms with van der Waals surface area (Å²) in [5.74, 6) is -0.423. The Balaban J connectivity index is 2.20. The zero-order valence-corrected chi connectivity index (χ0v) is 15.8. The molecule has 8 heteroatoms. The number of nitrogens with one attached hydrogen (secondary N) is 2. The maximum absolute atomic E-state index is 12.1. The van der Waals surface area contributed by atoms with E-state index in [0.717, 1.165) is 0 Å². The van der Waals surface area contributed by atoms with Gasteiger partial charge in [-0.15, -0.1) is 0 Å². The molecule has 0 aliphatic carbocycles. The van der Waals surface area contributed by atoms with Crippen LogP contribution in [0.1, 0.15) is 11.1 Å². The number of rotatable bonds is 5. The molecule has 0 aliphatic rings. The Labute approximate surface area is 156 Å². The molecule has 1 amide bonds. The first-order chi connectivity index (χ1) is 11.7. The van der Waals surface area contributed by atoms with Crippen molar-refractivity contribution in [2.75, 3.05) is 12.4 Å². The summed E-state index contributed by atoms with van der Waals surface area (Å²) >= 11 is 11.9. The van der Waals surface area contributed by atoms with E-state index < -0.39 is 15.9 Å². The standard InChI is InChI=1S/C17H16Cl2N2O3S/c1-11-3-6-14(10-16(11)25(23,24)20-2)21-17(22)8-4-12-9-13(18)5-7-15(12)19/h3-10,20H,1-2H3,(H,21,22)/b8-4+. The third kappa shape index (κ3) is 5.06. The van der Waals surface area contributed by atoms with E-state index in [0.29, 0.717) is 26.9 Å². The van der Waals surface area contributed by atoms with Crippen LogP contribution < -0.4 is 10.0 Å². The summed E-state index contributed by atoms with van der Waals surface area (Å²) in [4.78, 5) is 12.2. The molecule has 2 aromatic rings. The first kappa shape index (κ1) is 19.5. The van der Waals surface area contributed by atoms with Crippen LogP contribution in [0.25, 0.3) is 6.08 Å². The number of halogens is 2. The van der Waals surface area contributed by atoms with Gasteiger partial charge >= 0.3 is 0 Å². The normalized spacial score (nSPS) is 11.7. The van der Waals surface area contributed by atoms with E-state index in [2.05, 4.69) is 10.0 Å². The van der Waals surface area contributed by atoms with Crippen LogP contribution in [0.5, 0.6) is 0 Å². The molecule has 0 bridgehead atoms. The molecule has 0 fully saturated rings. The average molecular weight is 399 g/mol. The molecule has 0 radical (unpaired) electrons. The van der Waals surface area contributed by atoms with Gasteiger partial charge in [-0.1, -0.05) is 29.3 Å². The summed E-state index contributed by atoms with van der Waals surface area (Å²) in [5, 5.41) is 3.58. The Kier molecular flexibility index (Phi) is 6.24. The summed E-state index contributed by atoms with van der Waals surface area (Å²) in [5.41, 5.74) is 1.55. The predicted molar refractivity (Wildman–Crippen MR) is 102 cm³/mol. The highest BCUT2D eigenvalue weighted by atomic mass is 35.5. The smallest absolute Gasteiger partial charge is 0.248 e. The minimum Gasteiger partial charge on any atom is -0.322 e. The fourth-order valence-corrected chi connectivity index (χ4v) is 3.42. The Bertz CT molecular complexity index is 941. The molecule has 0 atom stereocenters. The minimum atomic E-state index is -3.60. The lowest BCUT2D eigenvalue weighted by atomic mass is 10.2. The molecule has 0 aromatic heterocycles. The van der Waals surface area contributed by atoms with Crippen molar-refractivity contribution in [2.45, 2.75) is 11.8 Å². The maximum Gasteiger partial charge on any atom is 0.248 e. The lowest BCUT2D eigenvalue weighted by molar-refractivity contribution is -0.111. The monoisotopic (exact) mass is 398 g/mol. The highest BCUT2D eigenvalue weighted by Crippen LogP contribution is 2.22. The van der Waals surface area contributed by atoms with E-state index in [9.17, 15) is 13.2 Å². The summed E-state index contributed by atoms with van der Waals surface area (Å²) in [6, 6.07) is 9.57. The fraction of sp³-hybridized carbons (Fsp3) is 0.118. The second kappa shape index (κ2) is 8.01. The second-order valence-electron chi connectivity index (χ2n) is 5.18. The van der Waals surface area contributed by atoms with Crippen LogP contribution >= 0.6 is 23.2 Å². The largest absolute Gasteiger partial charge is 0.322 e. The van der Waals surface area contributed by atoms with Crippen LogP contribution in [0, 0.1) is 6.92 Å². The van der Waals surface area contributed by atoms with Gasteiger partial charge in [0.05, 0.1) is 4.90 Å². The third-order valence-electron chi connectivity index (χ3n) is 3.39. The summed E-state index contributed by atoms with van der Waals surface area (Å²) in [6.07, 6.45) is 2.83. The van der Waals surface area contributed by atoms with Gasteiger partial charge in [0.2, 0.25) is 15.9 Å². The average Bonchev–Trinajstić information content (AvgIpc) is 2.57. The van der Waals surface area contributed by atoms with Crippen molar-refractivity contribution in [3.63, 3.8) is 0 Å². The quantitative estimate of drug-likeness (QED) is 0.750.